The van der Waals surface area contributed by atoms with Gasteiger partial charge >= 0.3 is 0 Å². The summed E-state index contributed by atoms with van der Waals surface area (Å²) in [5.74, 6) is -0.526. The number of hydrogen-bond acceptors (Lipinski definition) is 4. The zero-order valence-corrected chi connectivity index (χ0v) is 12.9. The van der Waals surface area contributed by atoms with Crippen LogP contribution in [0.4, 0.5) is 11.4 Å². The van der Waals surface area contributed by atoms with Crippen molar-refractivity contribution >= 4 is 27.1 Å². The highest BCUT2D eigenvalue weighted by Gasteiger charge is 2.33. The number of fused-ring (bicyclic) bond motifs is 1. The molecule has 1 fully saturated rings. The number of rotatable bonds is 2. The number of anilines is 2. The van der Waals surface area contributed by atoms with Crippen molar-refractivity contribution in [2.24, 2.45) is 5.92 Å². The van der Waals surface area contributed by atoms with E-state index in [0.29, 0.717) is 12.5 Å². The highest BCUT2D eigenvalue weighted by Crippen LogP contribution is 2.32. The SMILES string of the molecule is CC1CCc2cccc(NC(=O)C3CCS(=O)(=O)C3)c2N1. The lowest BCUT2D eigenvalue weighted by atomic mass is 9.97. The molecule has 0 spiro atoms. The first-order valence-corrected chi connectivity index (χ1v) is 9.16. The Bertz CT molecular complexity index is 669. The Labute approximate surface area is 125 Å². The van der Waals surface area contributed by atoms with Crippen LogP contribution in [0.3, 0.4) is 0 Å². The van der Waals surface area contributed by atoms with E-state index >= 15 is 0 Å². The van der Waals surface area contributed by atoms with Gasteiger partial charge in [-0.3, -0.25) is 4.79 Å². The molecule has 0 aromatic heterocycles. The fourth-order valence-electron chi connectivity index (χ4n) is 3.01. The third kappa shape index (κ3) is 3.05. The minimum atomic E-state index is -3.04. The van der Waals surface area contributed by atoms with Crippen LogP contribution in [0.1, 0.15) is 25.3 Å². The van der Waals surface area contributed by atoms with Crippen LogP contribution >= 0.6 is 0 Å². The quantitative estimate of drug-likeness (QED) is 0.873. The van der Waals surface area contributed by atoms with Crippen molar-refractivity contribution in [2.75, 3.05) is 22.1 Å². The summed E-state index contributed by atoms with van der Waals surface area (Å²) < 4.78 is 23.0. The van der Waals surface area contributed by atoms with E-state index < -0.39 is 15.8 Å². The lowest BCUT2D eigenvalue weighted by Crippen LogP contribution is -2.27. The van der Waals surface area contributed by atoms with E-state index in [1.165, 1.54) is 5.56 Å². The molecular weight excluding hydrogens is 288 g/mol. The Morgan fingerprint density at radius 3 is 2.86 bits per heavy atom. The van der Waals surface area contributed by atoms with Crippen molar-refractivity contribution in [1.82, 2.24) is 0 Å². The van der Waals surface area contributed by atoms with Gasteiger partial charge in [0.1, 0.15) is 0 Å². The number of sulfone groups is 1. The van der Waals surface area contributed by atoms with Crippen molar-refractivity contribution in [3.8, 4) is 0 Å². The van der Waals surface area contributed by atoms with Crippen LogP contribution < -0.4 is 10.6 Å². The van der Waals surface area contributed by atoms with Crippen LogP contribution in [-0.4, -0.2) is 31.9 Å². The maximum atomic E-state index is 12.3. The van der Waals surface area contributed by atoms with Crippen molar-refractivity contribution in [2.45, 2.75) is 32.2 Å². The van der Waals surface area contributed by atoms with E-state index in [9.17, 15) is 13.2 Å². The Morgan fingerprint density at radius 2 is 2.14 bits per heavy atom. The van der Waals surface area contributed by atoms with Gasteiger partial charge in [0.15, 0.2) is 9.84 Å². The number of hydrogen-bond donors (Lipinski definition) is 2. The molecule has 1 amide bonds. The third-order valence-corrected chi connectivity index (χ3v) is 6.02. The summed E-state index contributed by atoms with van der Waals surface area (Å²) in [7, 11) is -3.04. The Balaban J connectivity index is 1.78. The average Bonchev–Trinajstić information content (AvgIpc) is 2.80. The first-order chi connectivity index (χ1) is 9.94. The van der Waals surface area contributed by atoms with Crippen LogP contribution in [0.2, 0.25) is 0 Å². The fourth-order valence-corrected chi connectivity index (χ4v) is 4.75. The molecular formula is C15H20N2O3S. The lowest BCUT2D eigenvalue weighted by Gasteiger charge is -2.26. The second-order valence-corrected chi connectivity index (χ2v) is 8.24. The molecule has 114 valence electrons. The molecule has 0 bridgehead atoms. The Kier molecular flexibility index (Phi) is 3.65. The second kappa shape index (κ2) is 5.33. The van der Waals surface area contributed by atoms with E-state index in [2.05, 4.69) is 23.6 Å². The fraction of sp³-hybridized carbons (Fsp3) is 0.533. The Hall–Kier alpha value is -1.56. The molecule has 3 rings (SSSR count). The average molecular weight is 308 g/mol. The van der Waals surface area contributed by atoms with E-state index in [1.807, 2.05) is 12.1 Å². The predicted molar refractivity (Wildman–Crippen MR) is 83.2 cm³/mol. The van der Waals surface area contributed by atoms with Crippen LogP contribution in [0, 0.1) is 5.92 Å². The molecule has 6 heteroatoms. The van der Waals surface area contributed by atoms with Gasteiger partial charge in [-0.1, -0.05) is 12.1 Å². The lowest BCUT2D eigenvalue weighted by molar-refractivity contribution is -0.119. The van der Waals surface area contributed by atoms with Crippen LogP contribution in [0.5, 0.6) is 0 Å². The van der Waals surface area contributed by atoms with Gasteiger partial charge in [-0.05, 0) is 37.8 Å². The van der Waals surface area contributed by atoms with Gasteiger partial charge in [0.05, 0.1) is 28.8 Å². The van der Waals surface area contributed by atoms with Gasteiger partial charge in [-0.2, -0.15) is 0 Å². The number of nitrogens with one attached hydrogen (secondary N) is 2. The zero-order valence-electron chi connectivity index (χ0n) is 12.1. The second-order valence-electron chi connectivity index (χ2n) is 6.01. The molecule has 2 aliphatic rings. The van der Waals surface area contributed by atoms with Crippen LogP contribution in [-0.2, 0) is 21.1 Å². The van der Waals surface area contributed by atoms with E-state index in [0.717, 1.165) is 24.2 Å². The highest BCUT2D eigenvalue weighted by molar-refractivity contribution is 7.91. The maximum absolute atomic E-state index is 12.3. The molecule has 0 radical (unpaired) electrons. The first kappa shape index (κ1) is 14.4. The summed E-state index contributed by atoms with van der Waals surface area (Å²) in [6.07, 6.45) is 2.49. The van der Waals surface area contributed by atoms with E-state index in [1.54, 1.807) is 0 Å². The van der Waals surface area contributed by atoms with Crippen LogP contribution in [0.25, 0.3) is 0 Å². The standard InChI is InChI=1S/C15H20N2O3S/c1-10-5-6-11-3-2-4-13(14(11)16-10)17-15(18)12-7-8-21(19,20)9-12/h2-4,10,12,16H,5-9H2,1H3,(H,17,18). The van der Waals surface area contributed by atoms with Gasteiger partial charge in [0.25, 0.3) is 0 Å². The van der Waals surface area contributed by atoms with Gasteiger partial charge in [0.2, 0.25) is 5.91 Å². The molecule has 1 saturated heterocycles. The summed E-state index contributed by atoms with van der Waals surface area (Å²) in [5.41, 5.74) is 2.93. The molecule has 2 aliphatic heterocycles. The van der Waals surface area contributed by atoms with Gasteiger partial charge in [-0.25, -0.2) is 8.42 Å². The molecule has 2 unspecified atom stereocenters. The monoisotopic (exact) mass is 308 g/mol. The zero-order chi connectivity index (χ0) is 15.0. The number of para-hydroxylation sites is 1. The summed E-state index contributed by atoms with van der Waals surface area (Å²) in [6.45, 7) is 2.12. The summed E-state index contributed by atoms with van der Waals surface area (Å²) >= 11 is 0. The first-order valence-electron chi connectivity index (χ1n) is 7.34. The molecule has 1 aromatic rings. The minimum Gasteiger partial charge on any atom is -0.381 e. The van der Waals surface area contributed by atoms with Gasteiger partial charge in [-0.15, -0.1) is 0 Å². The minimum absolute atomic E-state index is 0.0301. The van der Waals surface area contributed by atoms with Gasteiger partial charge < -0.3 is 10.6 Å². The van der Waals surface area contributed by atoms with E-state index in [-0.39, 0.29) is 17.4 Å². The largest absolute Gasteiger partial charge is 0.381 e. The number of amides is 1. The van der Waals surface area contributed by atoms with E-state index in [4.69, 9.17) is 0 Å². The molecule has 1 aromatic carbocycles. The molecule has 21 heavy (non-hydrogen) atoms. The predicted octanol–water partition coefficient (Wildman–Crippen LogP) is 1.81. The summed E-state index contributed by atoms with van der Waals surface area (Å²) in [6, 6.07) is 6.23. The normalized spacial score (nSPS) is 26.7. The smallest absolute Gasteiger partial charge is 0.228 e. The van der Waals surface area contributed by atoms with Crippen LogP contribution in [0.15, 0.2) is 18.2 Å². The van der Waals surface area contributed by atoms with Gasteiger partial charge in [0, 0.05) is 6.04 Å². The van der Waals surface area contributed by atoms with Crippen molar-refractivity contribution < 1.29 is 13.2 Å². The molecule has 0 saturated carbocycles. The molecule has 5 nitrogen and oxygen atoms in total. The Morgan fingerprint density at radius 1 is 1.33 bits per heavy atom. The van der Waals surface area contributed by atoms with Crippen molar-refractivity contribution in [3.05, 3.63) is 23.8 Å². The molecule has 0 aliphatic carbocycles. The topological polar surface area (TPSA) is 75.3 Å². The number of aryl methyl sites for hydroxylation is 1. The highest BCUT2D eigenvalue weighted by atomic mass is 32.2. The summed E-state index contributed by atoms with van der Waals surface area (Å²) in [5, 5.41) is 6.31. The maximum Gasteiger partial charge on any atom is 0.228 e. The van der Waals surface area contributed by atoms with Crippen molar-refractivity contribution in [1.29, 1.82) is 0 Å². The summed E-state index contributed by atoms with van der Waals surface area (Å²) in [4.78, 5) is 12.3. The number of carbonyl (C=O) groups excluding carboxylic acids is 1. The molecule has 2 N–H and O–H groups in total. The number of carbonyl (C=O) groups is 1. The molecule has 2 heterocycles. The van der Waals surface area contributed by atoms with Crippen molar-refractivity contribution in [3.63, 3.8) is 0 Å². The number of benzene rings is 1. The molecule has 2 atom stereocenters. The third-order valence-electron chi connectivity index (χ3n) is 4.25.